The lowest BCUT2D eigenvalue weighted by Crippen LogP contribution is -2.26. The van der Waals surface area contributed by atoms with Gasteiger partial charge in [-0.05, 0) is 6.07 Å². The number of nitrogen functional groups attached to an aromatic ring is 1. The number of nitrogens with one attached hydrogen (secondary N) is 1. The quantitative estimate of drug-likeness (QED) is 0.841. The molecule has 0 aliphatic rings. The first-order valence-corrected chi connectivity index (χ1v) is 7.65. The molecule has 3 N–H and O–H groups in total. The smallest absolute Gasteiger partial charge is 0.250 e. The molecule has 6 nitrogen and oxygen atoms in total. The molecule has 0 unspecified atom stereocenters. The van der Waals surface area contributed by atoms with Gasteiger partial charge in [0.05, 0.1) is 0 Å². The van der Waals surface area contributed by atoms with E-state index in [1.54, 1.807) is 11.6 Å². The van der Waals surface area contributed by atoms with Crippen LogP contribution in [-0.2, 0) is 23.5 Å². The topological polar surface area (TPSA) is 90.0 Å². The molecule has 2 aromatic heterocycles. The molecule has 0 aliphatic carbocycles. The van der Waals surface area contributed by atoms with Gasteiger partial charge in [-0.1, -0.05) is 0 Å². The molecule has 0 saturated heterocycles. The van der Waals surface area contributed by atoms with Crippen molar-refractivity contribution in [3.05, 3.63) is 29.7 Å². The second kappa shape index (κ2) is 5.09. The fourth-order valence-electron chi connectivity index (χ4n) is 1.48. The monoisotopic (exact) mass is 286 g/mol. The number of rotatable bonds is 5. The zero-order valence-electron chi connectivity index (χ0n) is 9.83. The van der Waals surface area contributed by atoms with E-state index < -0.39 is 10.0 Å². The fourth-order valence-corrected chi connectivity index (χ4v) is 3.63. The Morgan fingerprint density at radius 1 is 1.56 bits per heavy atom. The van der Waals surface area contributed by atoms with Crippen LogP contribution in [0.5, 0.6) is 0 Å². The molecule has 98 valence electrons. The first-order valence-electron chi connectivity index (χ1n) is 5.29. The average molecular weight is 286 g/mol. The van der Waals surface area contributed by atoms with E-state index in [0.717, 1.165) is 17.2 Å². The van der Waals surface area contributed by atoms with Crippen molar-refractivity contribution in [1.29, 1.82) is 0 Å². The Bertz CT molecular complexity index is 630. The summed E-state index contributed by atoms with van der Waals surface area (Å²) in [7, 11) is -1.58. The average Bonchev–Trinajstić information content (AvgIpc) is 2.89. The van der Waals surface area contributed by atoms with E-state index in [2.05, 4.69) is 9.71 Å². The van der Waals surface area contributed by atoms with Gasteiger partial charge < -0.3 is 10.3 Å². The van der Waals surface area contributed by atoms with Crippen LogP contribution in [0.3, 0.4) is 0 Å². The van der Waals surface area contributed by atoms with Crippen molar-refractivity contribution in [2.75, 3.05) is 12.3 Å². The molecule has 2 aromatic rings. The summed E-state index contributed by atoms with van der Waals surface area (Å²) in [5.74, 6) is 0.836. The molecule has 18 heavy (non-hydrogen) atoms. The molecule has 0 amide bonds. The maximum absolute atomic E-state index is 11.9. The number of anilines is 1. The van der Waals surface area contributed by atoms with Crippen molar-refractivity contribution in [3.63, 3.8) is 0 Å². The maximum Gasteiger partial charge on any atom is 0.250 e. The largest absolute Gasteiger partial charge is 0.398 e. The van der Waals surface area contributed by atoms with Crippen LogP contribution in [0.25, 0.3) is 0 Å². The van der Waals surface area contributed by atoms with E-state index in [0.29, 0.717) is 18.7 Å². The van der Waals surface area contributed by atoms with Gasteiger partial charge in [0, 0.05) is 43.5 Å². The van der Waals surface area contributed by atoms with Crippen LogP contribution in [0, 0.1) is 0 Å². The molecule has 0 fully saturated rings. The molecule has 0 aromatic carbocycles. The summed E-state index contributed by atoms with van der Waals surface area (Å²) < 4.78 is 28.4. The van der Waals surface area contributed by atoms with Crippen molar-refractivity contribution in [3.8, 4) is 0 Å². The van der Waals surface area contributed by atoms with Crippen molar-refractivity contribution < 1.29 is 8.42 Å². The van der Waals surface area contributed by atoms with Gasteiger partial charge in [0.15, 0.2) is 0 Å². The molecule has 0 atom stereocenters. The van der Waals surface area contributed by atoms with Crippen LogP contribution >= 0.6 is 11.3 Å². The number of hydrogen-bond acceptors (Lipinski definition) is 5. The Balaban J connectivity index is 1.96. The number of imidazole rings is 1. The van der Waals surface area contributed by atoms with Gasteiger partial charge in [0.25, 0.3) is 0 Å². The highest BCUT2D eigenvalue weighted by Crippen LogP contribution is 2.21. The predicted molar refractivity (Wildman–Crippen MR) is 70.8 cm³/mol. The third kappa shape index (κ3) is 2.89. The standard InChI is InChI=1S/C10H14N4O2S2/c1-14-5-4-12-9(14)2-3-13-18(15,16)10-6-8(11)7-17-10/h4-7,13H,2-3,11H2,1H3. The van der Waals surface area contributed by atoms with Crippen molar-refractivity contribution >= 4 is 27.0 Å². The van der Waals surface area contributed by atoms with Gasteiger partial charge in [0.2, 0.25) is 10.0 Å². The lowest BCUT2D eigenvalue weighted by atomic mass is 10.4. The summed E-state index contributed by atoms with van der Waals surface area (Å²) in [6.07, 6.45) is 4.05. The highest BCUT2D eigenvalue weighted by atomic mass is 32.2. The number of nitrogens with zero attached hydrogens (tertiary/aromatic N) is 2. The van der Waals surface area contributed by atoms with E-state index in [9.17, 15) is 8.42 Å². The minimum Gasteiger partial charge on any atom is -0.398 e. The molecule has 2 heterocycles. The van der Waals surface area contributed by atoms with Crippen LogP contribution in [0.15, 0.2) is 28.0 Å². The molecular formula is C10H14N4O2S2. The lowest BCUT2D eigenvalue weighted by Gasteiger charge is -2.04. The molecule has 2 rings (SSSR count). The Morgan fingerprint density at radius 2 is 2.33 bits per heavy atom. The Morgan fingerprint density at radius 3 is 2.89 bits per heavy atom. The number of aromatic nitrogens is 2. The number of sulfonamides is 1. The summed E-state index contributed by atoms with van der Waals surface area (Å²) >= 11 is 1.11. The summed E-state index contributed by atoms with van der Waals surface area (Å²) in [6.45, 7) is 0.311. The number of thiophene rings is 1. The van der Waals surface area contributed by atoms with Crippen LogP contribution < -0.4 is 10.5 Å². The van der Waals surface area contributed by atoms with Crippen LogP contribution in [0.4, 0.5) is 5.69 Å². The third-order valence-corrected chi connectivity index (χ3v) is 5.34. The van der Waals surface area contributed by atoms with E-state index in [1.165, 1.54) is 6.07 Å². The first-order chi connectivity index (χ1) is 8.49. The number of nitrogens with two attached hydrogens (primary N) is 1. The third-order valence-electron chi connectivity index (χ3n) is 2.42. The van der Waals surface area contributed by atoms with Gasteiger partial charge in [0.1, 0.15) is 10.0 Å². The molecule has 0 radical (unpaired) electrons. The summed E-state index contributed by atoms with van der Waals surface area (Å²) in [5, 5.41) is 1.60. The second-order valence-corrected chi connectivity index (χ2v) is 6.71. The summed E-state index contributed by atoms with van der Waals surface area (Å²) in [5.41, 5.74) is 5.97. The zero-order chi connectivity index (χ0) is 13.2. The van der Waals surface area contributed by atoms with E-state index in [-0.39, 0.29) is 4.21 Å². The normalized spacial score (nSPS) is 11.8. The van der Waals surface area contributed by atoms with Gasteiger partial charge in [-0.2, -0.15) is 0 Å². The molecule has 0 aliphatic heterocycles. The van der Waals surface area contributed by atoms with Crippen LogP contribution in [-0.4, -0.2) is 24.5 Å². The zero-order valence-corrected chi connectivity index (χ0v) is 11.5. The van der Waals surface area contributed by atoms with E-state index in [1.807, 2.05) is 17.8 Å². The minimum atomic E-state index is -3.45. The molecule has 0 bridgehead atoms. The highest BCUT2D eigenvalue weighted by molar-refractivity contribution is 7.91. The van der Waals surface area contributed by atoms with Gasteiger partial charge in [-0.3, -0.25) is 0 Å². The van der Waals surface area contributed by atoms with Gasteiger partial charge in [-0.15, -0.1) is 11.3 Å². The molecule has 8 heteroatoms. The SMILES string of the molecule is Cn1ccnc1CCNS(=O)(=O)c1cc(N)cs1. The Hall–Kier alpha value is -1.38. The second-order valence-electron chi connectivity index (χ2n) is 3.80. The Kier molecular flexibility index (Phi) is 3.69. The lowest BCUT2D eigenvalue weighted by molar-refractivity contribution is 0.582. The van der Waals surface area contributed by atoms with Gasteiger partial charge >= 0.3 is 0 Å². The summed E-state index contributed by atoms with van der Waals surface area (Å²) in [6, 6.07) is 1.45. The number of aryl methyl sites for hydroxylation is 1. The van der Waals surface area contributed by atoms with Crippen molar-refractivity contribution in [2.45, 2.75) is 10.6 Å². The fraction of sp³-hybridized carbons (Fsp3) is 0.300. The minimum absolute atomic E-state index is 0.236. The summed E-state index contributed by atoms with van der Waals surface area (Å²) in [4.78, 5) is 4.12. The van der Waals surface area contributed by atoms with Crippen molar-refractivity contribution in [1.82, 2.24) is 14.3 Å². The molecular weight excluding hydrogens is 272 g/mol. The molecule has 0 saturated carbocycles. The first kappa shape index (κ1) is 13.1. The van der Waals surface area contributed by atoms with Crippen LogP contribution in [0.2, 0.25) is 0 Å². The van der Waals surface area contributed by atoms with Gasteiger partial charge in [-0.25, -0.2) is 18.1 Å². The maximum atomic E-state index is 11.9. The van der Waals surface area contributed by atoms with E-state index in [4.69, 9.17) is 5.73 Å². The van der Waals surface area contributed by atoms with Crippen LogP contribution in [0.1, 0.15) is 5.82 Å². The van der Waals surface area contributed by atoms with Crippen molar-refractivity contribution in [2.24, 2.45) is 7.05 Å². The molecule has 0 spiro atoms. The number of hydrogen-bond donors (Lipinski definition) is 2. The van der Waals surface area contributed by atoms with E-state index >= 15 is 0 Å². The highest BCUT2D eigenvalue weighted by Gasteiger charge is 2.15. The predicted octanol–water partition coefficient (Wildman–Crippen LogP) is 0.585. The Labute approximate surface area is 110 Å².